The van der Waals surface area contributed by atoms with Gasteiger partial charge in [-0.25, -0.2) is 14.4 Å². The van der Waals surface area contributed by atoms with E-state index in [4.69, 9.17) is 0 Å². The molecule has 118 valence electrons. The van der Waals surface area contributed by atoms with Crippen LogP contribution >= 0.6 is 15.9 Å². The van der Waals surface area contributed by atoms with E-state index in [0.717, 1.165) is 23.1 Å². The highest BCUT2D eigenvalue weighted by molar-refractivity contribution is 9.10. The number of aromatic nitrogens is 4. The van der Waals surface area contributed by atoms with Crippen LogP contribution in [0.2, 0.25) is 0 Å². The number of halogens is 2. The standard InChI is InChI=1S/C16H15BrFN5/c1-2-5-23-7-11-14(20-9-21-15(11)22-23)16(18)8-19-13-4-3-10(17)6-12(13)16/h3-4,6-7,9,19H,2,5,8H2,1H3. The first-order chi connectivity index (χ1) is 11.1. The van der Waals surface area contributed by atoms with Crippen LogP contribution in [0.15, 0.2) is 35.2 Å². The normalized spacial score (nSPS) is 19.8. The van der Waals surface area contributed by atoms with E-state index in [0.29, 0.717) is 22.3 Å². The Hall–Kier alpha value is -2.02. The molecule has 0 fully saturated rings. The Morgan fingerprint density at radius 1 is 1.39 bits per heavy atom. The monoisotopic (exact) mass is 375 g/mol. The van der Waals surface area contributed by atoms with Gasteiger partial charge in [-0.1, -0.05) is 22.9 Å². The van der Waals surface area contributed by atoms with Crippen molar-refractivity contribution in [1.82, 2.24) is 19.7 Å². The van der Waals surface area contributed by atoms with Gasteiger partial charge < -0.3 is 5.32 Å². The molecule has 0 aliphatic carbocycles. The molecule has 1 aliphatic heterocycles. The minimum Gasteiger partial charge on any atom is -0.381 e. The van der Waals surface area contributed by atoms with Gasteiger partial charge in [-0.2, -0.15) is 5.10 Å². The third-order valence-electron chi connectivity index (χ3n) is 4.12. The summed E-state index contributed by atoms with van der Waals surface area (Å²) >= 11 is 3.42. The fourth-order valence-electron chi connectivity index (χ4n) is 3.07. The molecule has 1 atom stereocenters. The lowest BCUT2D eigenvalue weighted by Crippen LogP contribution is -2.26. The summed E-state index contributed by atoms with van der Waals surface area (Å²) in [4.78, 5) is 8.45. The van der Waals surface area contributed by atoms with Gasteiger partial charge in [0.15, 0.2) is 11.3 Å². The van der Waals surface area contributed by atoms with Crippen molar-refractivity contribution in [3.63, 3.8) is 0 Å². The zero-order valence-corrected chi connectivity index (χ0v) is 14.1. The molecule has 1 unspecified atom stereocenters. The second-order valence-corrected chi connectivity index (χ2v) is 6.61. The molecule has 0 saturated carbocycles. The van der Waals surface area contributed by atoms with Gasteiger partial charge in [-0.3, -0.25) is 4.68 Å². The van der Waals surface area contributed by atoms with Crippen LogP contribution in [-0.2, 0) is 12.2 Å². The number of aryl methyl sites for hydroxylation is 1. The van der Waals surface area contributed by atoms with Crippen LogP contribution < -0.4 is 5.32 Å². The molecule has 3 heterocycles. The van der Waals surface area contributed by atoms with Crippen LogP contribution in [0.1, 0.15) is 24.6 Å². The quantitative estimate of drug-likeness (QED) is 0.759. The van der Waals surface area contributed by atoms with Crippen molar-refractivity contribution in [2.45, 2.75) is 25.6 Å². The van der Waals surface area contributed by atoms with Crippen molar-refractivity contribution < 1.29 is 4.39 Å². The Kier molecular flexibility index (Phi) is 3.33. The van der Waals surface area contributed by atoms with E-state index in [9.17, 15) is 0 Å². The van der Waals surface area contributed by atoms with E-state index < -0.39 is 5.67 Å². The molecule has 3 aromatic rings. The maximum atomic E-state index is 15.9. The number of hydrogen-bond acceptors (Lipinski definition) is 4. The molecule has 2 aromatic heterocycles. The fourth-order valence-corrected chi connectivity index (χ4v) is 3.43. The summed E-state index contributed by atoms with van der Waals surface area (Å²) in [6.07, 6.45) is 4.18. The lowest BCUT2D eigenvalue weighted by atomic mass is 9.92. The number of nitrogens with zero attached hydrogens (tertiary/aromatic N) is 4. The Bertz CT molecular complexity index is 893. The van der Waals surface area contributed by atoms with Crippen LogP contribution in [0.4, 0.5) is 10.1 Å². The van der Waals surface area contributed by atoms with E-state index in [1.54, 1.807) is 10.7 Å². The highest BCUT2D eigenvalue weighted by Crippen LogP contribution is 2.45. The number of nitrogens with one attached hydrogen (secondary N) is 1. The minimum absolute atomic E-state index is 0.157. The average molecular weight is 376 g/mol. The number of anilines is 1. The van der Waals surface area contributed by atoms with Gasteiger partial charge >= 0.3 is 0 Å². The van der Waals surface area contributed by atoms with Crippen LogP contribution in [-0.4, -0.2) is 26.3 Å². The smallest absolute Gasteiger partial charge is 0.197 e. The zero-order chi connectivity index (χ0) is 16.0. The Labute approximate surface area is 141 Å². The van der Waals surface area contributed by atoms with E-state index >= 15 is 4.39 Å². The topological polar surface area (TPSA) is 55.6 Å². The summed E-state index contributed by atoms with van der Waals surface area (Å²) in [5, 5.41) is 8.20. The average Bonchev–Trinajstić information content (AvgIpc) is 3.09. The molecule has 0 amide bonds. The third-order valence-corrected chi connectivity index (χ3v) is 4.62. The first kappa shape index (κ1) is 14.6. The van der Waals surface area contributed by atoms with Gasteiger partial charge in [-0.15, -0.1) is 0 Å². The first-order valence-corrected chi connectivity index (χ1v) is 8.32. The molecule has 0 bridgehead atoms. The van der Waals surface area contributed by atoms with Crippen LogP contribution in [0.3, 0.4) is 0 Å². The van der Waals surface area contributed by atoms with E-state index in [2.05, 4.69) is 43.2 Å². The van der Waals surface area contributed by atoms with Crippen LogP contribution in [0.25, 0.3) is 11.0 Å². The lowest BCUT2D eigenvalue weighted by Gasteiger charge is -2.19. The summed E-state index contributed by atoms with van der Waals surface area (Å²) < 4.78 is 18.6. The largest absolute Gasteiger partial charge is 0.381 e. The molecule has 4 rings (SSSR count). The molecule has 5 nitrogen and oxygen atoms in total. The second-order valence-electron chi connectivity index (χ2n) is 5.70. The van der Waals surface area contributed by atoms with Crippen molar-refractivity contribution in [1.29, 1.82) is 0 Å². The van der Waals surface area contributed by atoms with Gasteiger partial charge in [-0.05, 0) is 24.6 Å². The molecule has 0 saturated heterocycles. The molecule has 23 heavy (non-hydrogen) atoms. The van der Waals surface area contributed by atoms with Crippen molar-refractivity contribution in [2.75, 3.05) is 11.9 Å². The summed E-state index contributed by atoms with van der Waals surface area (Å²) in [6, 6.07) is 5.58. The predicted octanol–water partition coefficient (Wildman–Crippen LogP) is 3.64. The second kappa shape index (κ2) is 5.26. The maximum Gasteiger partial charge on any atom is 0.197 e. The van der Waals surface area contributed by atoms with Crippen LogP contribution in [0, 0.1) is 0 Å². The minimum atomic E-state index is -1.69. The van der Waals surface area contributed by atoms with E-state index in [1.807, 2.05) is 18.3 Å². The zero-order valence-electron chi connectivity index (χ0n) is 12.6. The van der Waals surface area contributed by atoms with Gasteiger partial charge in [0.2, 0.25) is 0 Å². The summed E-state index contributed by atoms with van der Waals surface area (Å²) in [5.74, 6) is 0. The van der Waals surface area contributed by atoms with Crippen molar-refractivity contribution in [3.8, 4) is 0 Å². The van der Waals surface area contributed by atoms with Gasteiger partial charge in [0.25, 0.3) is 0 Å². The Morgan fingerprint density at radius 2 is 2.26 bits per heavy atom. The highest BCUT2D eigenvalue weighted by Gasteiger charge is 2.44. The molecule has 7 heteroatoms. The SMILES string of the molecule is CCCn1cc2c(C3(F)CNc4ccc(Br)cc43)ncnc2n1. The maximum absolute atomic E-state index is 15.9. The summed E-state index contributed by atoms with van der Waals surface area (Å²) in [6.45, 7) is 3.00. The van der Waals surface area contributed by atoms with E-state index in [1.165, 1.54) is 6.33 Å². The molecule has 0 spiro atoms. The fraction of sp³-hybridized carbons (Fsp3) is 0.312. The van der Waals surface area contributed by atoms with Crippen molar-refractivity contribution in [3.05, 3.63) is 46.5 Å². The highest BCUT2D eigenvalue weighted by atomic mass is 79.9. The number of hydrogen-bond donors (Lipinski definition) is 1. The number of alkyl halides is 1. The summed E-state index contributed by atoms with van der Waals surface area (Å²) in [5.41, 5.74) is 0.595. The number of benzene rings is 1. The molecular weight excluding hydrogens is 361 g/mol. The molecule has 0 radical (unpaired) electrons. The Morgan fingerprint density at radius 3 is 3.09 bits per heavy atom. The number of rotatable bonds is 3. The van der Waals surface area contributed by atoms with E-state index in [-0.39, 0.29) is 6.54 Å². The molecule has 1 aliphatic rings. The molecule has 1 aromatic carbocycles. The predicted molar refractivity (Wildman–Crippen MR) is 90.1 cm³/mol. The van der Waals surface area contributed by atoms with Gasteiger partial charge in [0.1, 0.15) is 6.33 Å². The van der Waals surface area contributed by atoms with Gasteiger partial charge in [0, 0.05) is 28.5 Å². The number of fused-ring (bicyclic) bond motifs is 2. The Balaban J connectivity index is 1.91. The third kappa shape index (κ3) is 2.22. The van der Waals surface area contributed by atoms with Crippen molar-refractivity contribution in [2.24, 2.45) is 0 Å². The van der Waals surface area contributed by atoms with Crippen molar-refractivity contribution >= 4 is 32.7 Å². The van der Waals surface area contributed by atoms with Crippen LogP contribution in [0.5, 0.6) is 0 Å². The first-order valence-electron chi connectivity index (χ1n) is 7.53. The van der Waals surface area contributed by atoms with Gasteiger partial charge in [0.05, 0.1) is 17.6 Å². The molecular formula is C16H15BrFN5. The summed E-state index contributed by atoms with van der Waals surface area (Å²) in [7, 11) is 0. The lowest BCUT2D eigenvalue weighted by molar-refractivity contribution is 0.246. The molecule has 1 N–H and O–H groups in total.